The molecule has 0 saturated carbocycles. The van der Waals surface area contributed by atoms with Crippen LogP contribution in [0, 0.1) is 0 Å². The fourth-order valence-corrected chi connectivity index (χ4v) is 1.64. The van der Waals surface area contributed by atoms with E-state index in [4.69, 9.17) is 12.2 Å². The molecule has 0 fully saturated rings. The van der Waals surface area contributed by atoms with Gasteiger partial charge in [-0.05, 0) is 31.6 Å². The van der Waals surface area contributed by atoms with Crippen LogP contribution in [-0.4, -0.2) is 20.9 Å². The number of H-pyrrole nitrogens is 1. The molecule has 0 bridgehead atoms. The van der Waals surface area contributed by atoms with E-state index in [2.05, 4.69) is 25.7 Å². The minimum absolute atomic E-state index is 0.0361. The molecule has 7 heteroatoms. The molecule has 0 unspecified atom stereocenters. The van der Waals surface area contributed by atoms with E-state index in [1.54, 1.807) is 0 Å². The number of thiocarbonyl (C=S) groups is 1. The lowest BCUT2D eigenvalue weighted by Gasteiger charge is -1.97. The molecule has 0 amide bonds. The van der Waals surface area contributed by atoms with Gasteiger partial charge in [-0.1, -0.05) is 25.1 Å². The number of hydrogen-bond acceptors (Lipinski definition) is 4. The fraction of sp³-hybridized carbons (Fsp3) is 0.231. The van der Waals surface area contributed by atoms with Crippen LogP contribution in [0.25, 0.3) is 10.9 Å². The van der Waals surface area contributed by atoms with Gasteiger partial charge in [0.25, 0.3) is 0 Å². The first-order valence-corrected chi connectivity index (χ1v) is 6.57. The van der Waals surface area contributed by atoms with E-state index in [-0.39, 0.29) is 11.0 Å². The first-order chi connectivity index (χ1) is 9.61. The van der Waals surface area contributed by atoms with Crippen LogP contribution < -0.4 is 5.43 Å². The van der Waals surface area contributed by atoms with Crippen LogP contribution >= 0.6 is 12.2 Å². The third-order valence-electron chi connectivity index (χ3n) is 2.75. The lowest BCUT2D eigenvalue weighted by Crippen LogP contribution is -2.13. The van der Waals surface area contributed by atoms with Crippen LogP contribution in [0.1, 0.15) is 20.3 Å². The molecular weight excluding hydrogens is 274 g/mol. The highest BCUT2D eigenvalue weighted by Crippen LogP contribution is 2.35. The van der Waals surface area contributed by atoms with Crippen molar-refractivity contribution in [3.63, 3.8) is 0 Å². The SMILES string of the molecule is CC/C(C)=N\NC(=S)N=Nc1c(O)[nH]c2ccccc12. The molecule has 20 heavy (non-hydrogen) atoms. The van der Waals surface area contributed by atoms with Crippen molar-refractivity contribution in [2.24, 2.45) is 15.3 Å². The number of hydrogen-bond donors (Lipinski definition) is 3. The summed E-state index contributed by atoms with van der Waals surface area (Å²) < 4.78 is 0. The van der Waals surface area contributed by atoms with Crippen molar-refractivity contribution in [1.29, 1.82) is 0 Å². The zero-order valence-corrected chi connectivity index (χ0v) is 12.0. The number of rotatable bonds is 3. The van der Waals surface area contributed by atoms with Gasteiger partial charge in [0.1, 0.15) is 0 Å². The highest BCUT2D eigenvalue weighted by molar-refractivity contribution is 7.80. The maximum Gasteiger partial charge on any atom is 0.234 e. The van der Waals surface area contributed by atoms with Crippen LogP contribution in [0.2, 0.25) is 0 Å². The van der Waals surface area contributed by atoms with E-state index in [9.17, 15) is 5.11 Å². The van der Waals surface area contributed by atoms with Gasteiger partial charge in [-0.15, -0.1) is 10.2 Å². The lowest BCUT2D eigenvalue weighted by molar-refractivity contribution is 0.459. The quantitative estimate of drug-likeness (QED) is 0.349. The summed E-state index contributed by atoms with van der Waals surface area (Å²) in [6.45, 7) is 3.88. The normalized spacial score (nSPS) is 12.2. The number of aromatic amines is 1. The maximum atomic E-state index is 9.80. The van der Waals surface area contributed by atoms with E-state index in [1.807, 2.05) is 38.1 Å². The highest BCUT2D eigenvalue weighted by atomic mass is 32.1. The lowest BCUT2D eigenvalue weighted by atomic mass is 10.2. The number of benzene rings is 1. The number of nitrogens with one attached hydrogen (secondary N) is 2. The summed E-state index contributed by atoms with van der Waals surface area (Å²) in [7, 11) is 0. The molecule has 2 aromatic rings. The molecule has 0 radical (unpaired) electrons. The molecule has 0 atom stereocenters. The molecule has 104 valence electrons. The second-order valence-corrected chi connectivity index (χ2v) is 4.57. The van der Waals surface area contributed by atoms with E-state index >= 15 is 0 Å². The Morgan fingerprint density at radius 3 is 2.90 bits per heavy atom. The Bertz CT molecular complexity index is 689. The van der Waals surface area contributed by atoms with Crippen LogP contribution in [0.4, 0.5) is 5.69 Å². The monoisotopic (exact) mass is 289 g/mol. The second kappa shape index (κ2) is 6.25. The van der Waals surface area contributed by atoms with Gasteiger partial charge < -0.3 is 10.1 Å². The molecule has 1 aromatic carbocycles. The average Bonchev–Trinajstić information content (AvgIpc) is 2.78. The number of fused-ring (bicyclic) bond motifs is 1. The van der Waals surface area contributed by atoms with Gasteiger partial charge in [0.05, 0.1) is 5.52 Å². The third kappa shape index (κ3) is 3.18. The van der Waals surface area contributed by atoms with Gasteiger partial charge in [-0.2, -0.15) is 5.10 Å². The van der Waals surface area contributed by atoms with Crippen molar-refractivity contribution < 1.29 is 5.11 Å². The van der Waals surface area contributed by atoms with Crippen LogP contribution in [0.5, 0.6) is 5.88 Å². The van der Waals surface area contributed by atoms with Crippen LogP contribution in [-0.2, 0) is 0 Å². The van der Waals surface area contributed by atoms with Crippen molar-refractivity contribution in [2.45, 2.75) is 20.3 Å². The number of nitrogens with zero attached hydrogens (tertiary/aromatic N) is 3. The molecule has 0 aliphatic carbocycles. The number of hydrazone groups is 1. The zero-order valence-electron chi connectivity index (χ0n) is 11.2. The predicted molar refractivity (Wildman–Crippen MR) is 83.6 cm³/mol. The molecule has 3 N–H and O–H groups in total. The Kier molecular flexibility index (Phi) is 4.41. The van der Waals surface area contributed by atoms with Gasteiger partial charge in [0.15, 0.2) is 5.69 Å². The smallest absolute Gasteiger partial charge is 0.234 e. The van der Waals surface area contributed by atoms with E-state index < -0.39 is 0 Å². The average molecular weight is 289 g/mol. The third-order valence-corrected chi connectivity index (χ3v) is 2.93. The molecular formula is C13H15N5OS. The summed E-state index contributed by atoms with van der Waals surface area (Å²) in [5.74, 6) is -0.0361. The molecule has 2 rings (SSSR count). The largest absolute Gasteiger partial charge is 0.493 e. The van der Waals surface area contributed by atoms with Crippen molar-refractivity contribution in [1.82, 2.24) is 10.4 Å². The van der Waals surface area contributed by atoms with Gasteiger partial charge in [0.2, 0.25) is 11.0 Å². The summed E-state index contributed by atoms with van der Waals surface area (Å²) in [6, 6.07) is 7.42. The molecule has 0 aliphatic rings. The summed E-state index contributed by atoms with van der Waals surface area (Å²) in [5.41, 5.74) is 4.70. The Hall–Kier alpha value is -2.28. The van der Waals surface area contributed by atoms with Crippen molar-refractivity contribution in [2.75, 3.05) is 0 Å². The number of aromatic nitrogens is 1. The van der Waals surface area contributed by atoms with Crippen LogP contribution in [0.3, 0.4) is 0 Å². The van der Waals surface area contributed by atoms with E-state index in [0.717, 1.165) is 23.0 Å². The topological polar surface area (TPSA) is 85.1 Å². The minimum atomic E-state index is -0.0361. The van der Waals surface area contributed by atoms with E-state index in [1.165, 1.54) is 0 Å². The van der Waals surface area contributed by atoms with E-state index in [0.29, 0.717) is 5.69 Å². The Morgan fingerprint density at radius 2 is 2.15 bits per heavy atom. The molecule has 0 saturated heterocycles. The molecule has 0 spiro atoms. The fourth-order valence-electron chi connectivity index (χ4n) is 1.55. The molecule has 6 nitrogen and oxygen atoms in total. The second-order valence-electron chi connectivity index (χ2n) is 4.19. The van der Waals surface area contributed by atoms with Gasteiger partial charge in [-0.25, -0.2) is 0 Å². The first-order valence-electron chi connectivity index (χ1n) is 6.16. The molecule has 1 aromatic heterocycles. The Morgan fingerprint density at radius 1 is 1.40 bits per heavy atom. The summed E-state index contributed by atoms with van der Waals surface area (Å²) in [6.07, 6.45) is 0.829. The Labute approximate surface area is 121 Å². The first kappa shape index (κ1) is 14.1. The summed E-state index contributed by atoms with van der Waals surface area (Å²) >= 11 is 4.99. The molecule has 1 heterocycles. The van der Waals surface area contributed by atoms with Gasteiger partial charge >= 0.3 is 0 Å². The number of para-hydroxylation sites is 1. The van der Waals surface area contributed by atoms with Gasteiger partial charge in [-0.3, -0.25) is 5.43 Å². The summed E-state index contributed by atoms with van der Waals surface area (Å²) in [4.78, 5) is 2.82. The zero-order chi connectivity index (χ0) is 14.5. The van der Waals surface area contributed by atoms with Crippen molar-refractivity contribution in [3.05, 3.63) is 24.3 Å². The Balaban J connectivity index is 2.17. The molecule has 0 aliphatic heterocycles. The minimum Gasteiger partial charge on any atom is -0.493 e. The van der Waals surface area contributed by atoms with Crippen molar-refractivity contribution >= 4 is 39.6 Å². The summed E-state index contributed by atoms with van der Waals surface area (Å²) in [5, 5.41) is 22.6. The highest BCUT2D eigenvalue weighted by Gasteiger charge is 2.09. The number of azo groups is 1. The number of aromatic hydroxyl groups is 1. The van der Waals surface area contributed by atoms with Crippen LogP contribution in [0.15, 0.2) is 39.6 Å². The maximum absolute atomic E-state index is 9.80. The standard InChI is InChI=1S/C13H15N5OS/c1-3-8(2)15-17-13(20)18-16-11-9-6-4-5-7-10(9)14-12(11)19/h4-7,14,19H,3H2,1-2H3,(H,17,20)/b15-8-,18-16?. The van der Waals surface area contributed by atoms with Gasteiger partial charge in [0, 0.05) is 11.1 Å². The van der Waals surface area contributed by atoms with Crippen molar-refractivity contribution in [3.8, 4) is 5.88 Å². The predicted octanol–water partition coefficient (Wildman–Crippen LogP) is 3.62.